The summed E-state index contributed by atoms with van der Waals surface area (Å²) in [5.41, 5.74) is 22.7. The molecule has 10 aromatic carbocycles. The first kappa shape index (κ1) is 41.0. The first-order valence-electron chi connectivity index (χ1n) is 23.9. The molecule has 0 saturated heterocycles. The zero-order valence-electron chi connectivity index (χ0n) is 39.6. The lowest BCUT2D eigenvalue weighted by molar-refractivity contribution is 0.590. The molecule has 0 amide bonds. The Labute approximate surface area is 396 Å². The molecule has 0 spiro atoms. The normalized spacial score (nSPS) is 14.1. The van der Waals surface area contributed by atoms with Gasteiger partial charge < -0.3 is 4.90 Å². The summed E-state index contributed by atoms with van der Waals surface area (Å²) in [6, 6.07) is 77.8. The van der Waals surface area contributed by atoms with Crippen molar-refractivity contribution in [2.75, 3.05) is 4.90 Å². The highest BCUT2D eigenvalue weighted by molar-refractivity contribution is 6.08. The van der Waals surface area contributed by atoms with Crippen LogP contribution in [-0.4, -0.2) is 0 Å². The number of rotatable bonds is 6. The fourth-order valence-electron chi connectivity index (χ4n) is 11.6. The Balaban J connectivity index is 1.04. The molecule has 12 rings (SSSR count). The average molecular weight is 862 g/mol. The van der Waals surface area contributed by atoms with Crippen LogP contribution in [0.1, 0.15) is 76.3 Å². The highest BCUT2D eigenvalue weighted by atomic mass is 15.1. The van der Waals surface area contributed by atoms with Gasteiger partial charge in [-0.25, -0.2) is 0 Å². The number of benzene rings is 10. The molecule has 0 heterocycles. The van der Waals surface area contributed by atoms with Crippen LogP contribution in [0.15, 0.2) is 206 Å². The minimum Gasteiger partial charge on any atom is -0.310 e. The van der Waals surface area contributed by atoms with Crippen LogP contribution in [0.25, 0.3) is 77.2 Å². The van der Waals surface area contributed by atoms with E-state index in [9.17, 15) is 0 Å². The molecule has 10 aromatic rings. The molecular weight excluding hydrogens is 807 g/mol. The third-order valence-corrected chi connectivity index (χ3v) is 15.2. The van der Waals surface area contributed by atoms with Gasteiger partial charge in [0.1, 0.15) is 0 Å². The first-order chi connectivity index (χ1) is 32.4. The SMILES string of the molecule is CC(C)(C)c1ccc(-c2ccc(-c3ccc(N(c4ccc5c(c4)-c4cc6ccccc6cc4C5(C)C)c4ccc5ccccc5c4-c4cccc5c4C(C)(C)c4ccccc4-5)cc3)cc2)cc1. The largest absolute Gasteiger partial charge is 0.310 e. The zero-order valence-corrected chi connectivity index (χ0v) is 39.6. The third-order valence-electron chi connectivity index (χ3n) is 15.2. The molecule has 0 bridgehead atoms. The maximum atomic E-state index is 2.52. The molecule has 0 fully saturated rings. The van der Waals surface area contributed by atoms with Crippen LogP contribution in [0.5, 0.6) is 0 Å². The van der Waals surface area contributed by atoms with Crippen molar-refractivity contribution in [1.82, 2.24) is 0 Å². The van der Waals surface area contributed by atoms with Crippen LogP contribution in [0.3, 0.4) is 0 Å². The summed E-state index contributed by atoms with van der Waals surface area (Å²) in [6.45, 7) is 16.4. The molecule has 0 saturated carbocycles. The quantitative estimate of drug-likeness (QED) is 0.161. The van der Waals surface area contributed by atoms with E-state index in [1.165, 1.54) is 105 Å². The van der Waals surface area contributed by atoms with Crippen molar-refractivity contribution in [2.45, 2.75) is 64.7 Å². The maximum Gasteiger partial charge on any atom is 0.0546 e. The van der Waals surface area contributed by atoms with E-state index in [1.54, 1.807) is 0 Å². The average Bonchev–Trinajstić information content (AvgIpc) is 3.72. The lowest BCUT2D eigenvalue weighted by Crippen LogP contribution is -2.17. The molecule has 2 aliphatic rings. The van der Waals surface area contributed by atoms with Gasteiger partial charge in [-0.1, -0.05) is 212 Å². The second kappa shape index (κ2) is 15.0. The van der Waals surface area contributed by atoms with E-state index in [0.29, 0.717) is 0 Å². The van der Waals surface area contributed by atoms with Gasteiger partial charge in [-0.05, 0) is 147 Å². The van der Waals surface area contributed by atoms with Crippen LogP contribution >= 0.6 is 0 Å². The fraction of sp³-hybridized carbons (Fsp3) is 0.152. The van der Waals surface area contributed by atoms with Crippen LogP contribution in [0, 0.1) is 0 Å². The summed E-state index contributed by atoms with van der Waals surface area (Å²) in [7, 11) is 0. The van der Waals surface area contributed by atoms with E-state index < -0.39 is 0 Å². The van der Waals surface area contributed by atoms with Gasteiger partial charge in [0.25, 0.3) is 0 Å². The lowest BCUT2D eigenvalue weighted by atomic mass is 9.78. The molecule has 67 heavy (non-hydrogen) atoms. The van der Waals surface area contributed by atoms with E-state index >= 15 is 0 Å². The van der Waals surface area contributed by atoms with Gasteiger partial charge in [0.05, 0.1) is 5.69 Å². The molecule has 0 aromatic heterocycles. The first-order valence-corrected chi connectivity index (χ1v) is 23.9. The Hall–Kier alpha value is -7.48. The van der Waals surface area contributed by atoms with Crippen molar-refractivity contribution < 1.29 is 0 Å². The van der Waals surface area contributed by atoms with Gasteiger partial charge in [0.2, 0.25) is 0 Å². The van der Waals surface area contributed by atoms with Crippen molar-refractivity contribution >= 4 is 38.6 Å². The van der Waals surface area contributed by atoms with E-state index in [-0.39, 0.29) is 16.2 Å². The Morgan fingerprint density at radius 1 is 0.358 bits per heavy atom. The third kappa shape index (κ3) is 6.51. The molecule has 1 heteroatoms. The molecule has 0 radical (unpaired) electrons. The molecular formula is C66H55N. The number of hydrogen-bond acceptors (Lipinski definition) is 1. The number of nitrogens with zero attached hydrogens (tertiary/aromatic N) is 1. The van der Waals surface area contributed by atoms with Crippen molar-refractivity contribution in [1.29, 1.82) is 0 Å². The summed E-state index contributed by atoms with van der Waals surface area (Å²) in [5, 5.41) is 5.03. The number of anilines is 3. The molecule has 1 nitrogen and oxygen atoms in total. The van der Waals surface area contributed by atoms with Gasteiger partial charge in [-0.2, -0.15) is 0 Å². The number of fused-ring (bicyclic) bond motifs is 8. The van der Waals surface area contributed by atoms with Gasteiger partial charge in [-0.3, -0.25) is 0 Å². The van der Waals surface area contributed by atoms with Gasteiger partial charge in [0.15, 0.2) is 0 Å². The highest BCUT2D eigenvalue weighted by Crippen LogP contribution is 2.56. The predicted molar refractivity (Wildman–Crippen MR) is 286 cm³/mol. The van der Waals surface area contributed by atoms with Gasteiger partial charge >= 0.3 is 0 Å². The summed E-state index contributed by atoms with van der Waals surface area (Å²) >= 11 is 0. The van der Waals surface area contributed by atoms with Crippen LogP contribution in [-0.2, 0) is 16.2 Å². The smallest absolute Gasteiger partial charge is 0.0546 e. The van der Waals surface area contributed by atoms with Gasteiger partial charge in [-0.15, -0.1) is 0 Å². The topological polar surface area (TPSA) is 3.24 Å². The predicted octanol–water partition coefficient (Wildman–Crippen LogP) is 18.4. The van der Waals surface area contributed by atoms with Crippen LogP contribution in [0.4, 0.5) is 17.1 Å². The molecule has 0 aliphatic heterocycles. The van der Waals surface area contributed by atoms with E-state index in [0.717, 1.165) is 17.1 Å². The Bertz CT molecular complexity index is 3580. The summed E-state index contributed by atoms with van der Waals surface area (Å²) < 4.78 is 0. The molecule has 0 atom stereocenters. The van der Waals surface area contributed by atoms with E-state index in [4.69, 9.17) is 0 Å². The maximum absolute atomic E-state index is 2.52. The highest BCUT2D eigenvalue weighted by Gasteiger charge is 2.39. The summed E-state index contributed by atoms with van der Waals surface area (Å²) in [6.07, 6.45) is 0. The molecule has 0 unspecified atom stereocenters. The molecule has 0 N–H and O–H groups in total. The molecule has 2 aliphatic carbocycles. The second-order valence-electron chi connectivity index (χ2n) is 21.0. The monoisotopic (exact) mass is 861 g/mol. The summed E-state index contributed by atoms with van der Waals surface area (Å²) in [4.78, 5) is 2.52. The van der Waals surface area contributed by atoms with Crippen molar-refractivity contribution in [3.8, 4) is 55.6 Å². The van der Waals surface area contributed by atoms with Crippen LogP contribution < -0.4 is 4.90 Å². The fourth-order valence-corrected chi connectivity index (χ4v) is 11.6. The number of hydrogen-bond donors (Lipinski definition) is 0. The Kier molecular flexibility index (Phi) is 9.19. The lowest BCUT2D eigenvalue weighted by Gasteiger charge is -2.31. The van der Waals surface area contributed by atoms with Gasteiger partial charge in [0, 0.05) is 27.8 Å². The Morgan fingerprint density at radius 3 is 1.57 bits per heavy atom. The van der Waals surface area contributed by atoms with E-state index in [1.807, 2.05) is 0 Å². The minimum atomic E-state index is -0.194. The minimum absolute atomic E-state index is 0.128. The zero-order chi connectivity index (χ0) is 45.8. The standard InChI is InChI=1S/C66H55N/c1-64(2,3)49-32-27-44(28-33-49)42-23-25-43(26-24-42)45-29-34-50(35-30-45)67(51-36-37-59-57(41-51)56-39-47-16-8-9-17-48(47)40-60(56)65(59,4)5)61-38-31-46-15-10-11-18-52(46)62(61)55-21-14-20-54-53-19-12-13-22-58(53)66(6,7)63(54)55/h8-41H,1-7H3. The van der Waals surface area contributed by atoms with Crippen LogP contribution in [0.2, 0.25) is 0 Å². The summed E-state index contributed by atoms with van der Waals surface area (Å²) in [5.74, 6) is 0. The Morgan fingerprint density at radius 2 is 0.881 bits per heavy atom. The van der Waals surface area contributed by atoms with Crippen molar-refractivity contribution in [3.63, 3.8) is 0 Å². The van der Waals surface area contributed by atoms with E-state index in [2.05, 4.69) is 260 Å². The van der Waals surface area contributed by atoms with Crippen molar-refractivity contribution in [2.24, 2.45) is 0 Å². The molecule has 324 valence electrons. The van der Waals surface area contributed by atoms with Crippen molar-refractivity contribution in [3.05, 3.63) is 234 Å². The second-order valence-corrected chi connectivity index (χ2v) is 21.0.